The summed E-state index contributed by atoms with van der Waals surface area (Å²) in [6.07, 6.45) is 10.7. The molecule has 0 radical (unpaired) electrons. The molecule has 1 aromatic rings. The van der Waals surface area contributed by atoms with Gasteiger partial charge in [0, 0.05) is 5.56 Å². The molecule has 1 nitrogen and oxygen atoms in total. The molecule has 0 unspecified atom stereocenters. The van der Waals surface area contributed by atoms with E-state index in [1.54, 1.807) is 13.2 Å². The smallest absolute Gasteiger partial charge is 0.134 e. The second-order valence-electron chi connectivity index (χ2n) is 2.60. The average molecular weight is 170 g/mol. The molecule has 1 heteroatoms. The number of terminal acetylenes is 2. The molecule has 0 aliphatic carbocycles. The molecule has 0 saturated heterocycles. The predicted octanol–water partition coefficient (Wildman–Crippen LogP) is 1.97. The van der Waals surface area contributed by atoms with Crippen LogP contribution in [0.2, 0.25) is 0 Å². The van der Waals surface area contributed by atoms with E-state index in [1.807, 2.05) is 13.0 Å². The van der Waals surface area contributed by atoms with E-state index in [4.69, 9.17) is 17.6 Å². The molecular weight excluding hydrogens is 160 g/mol. The molecule has 0 saturated carbocycles. The number of methoxy groups -OCH3 is 1. The summed E-state index contributed by atoms with van der Waals surface area (Å²) in [6.45, 7) is 1.90. The third kappa shape index (κ3) is 1.50. The summed E-state index contributed by atoms with van der Waals surface area (Å²) < 4.78 is 5.11. The normalized spacial score (nSPS) is 8.62. The van der Waals surface area contributed by atoms with Gasteiger partial charge in [-0.1, -0.05) is 11.8 Å². The Balaban J connectivity index is 3.45. The summed E-state index contributed by atoms with van der Waals surface area (Å²) in [7, 11) is 1.59. The van der Waals surface area contributed by atoms with Gasteiger partial charge in [0.2, 0.25) is 0 Å². The van der Waals surface area contributed by atoms with E-state index in [0.29, 0.717) is 5.75 Å². The number of hydrogen-bond donors (Lipinski definition) is 0. The standard InChI is InChI=1S/C12H10O/c1-5-10-7-8-12(13-4)11(6-2)9(10)3/h1-2,7-8H,3-4H3. The second-order valence-corrected chi connectivity index (χ2v) is 2.60. The second kappa shape index (κ2) is 3.70. The summed E-state index contributed by atoms with van der Waals surface area (Å²) >= 11 is 0. The monoisotopic (exact) mass is 170 g/mol. The van der Waals surface area contributed by atoms with Gasteiger partial charge in [-0.2, -0.15) is 0 Å². The highest BCUT2D eigenvalue weighted by atomic mass is 16.5. The van der Waals surface area contributed by atoms with E-state index < -0.39 is 0 Å². The van der Waals surface area contributed by atoms with Gasteiger partial charge in [0.1, 0.15) is 5.75 Å². The van der Waals surface area contributed by atoms with E-state index in [0.717, 1.165) is 16.7 Å². The minimum absolute atomic E-state index is 0.694. The van der Waals surface area contributed by atoms with Crippen LogP contribution in [0.25, 0.3) is 0 Å². The lowest BCUT2D eigenvalue weighted by molar-refractivity contribution is 0.413. The molecule has 0 spiro atoms. The highest BCUT2D eigenvalue weighted by molar-refractivity contribution is 5.56. The molecular formula is C12H10O. The first-order valence-corrected chi connectivity index (χ1v) is 3.85. The molecule has 0 fully saturated rings. The zero-order chi connectivity index (χ0) is 9.84. The van der Waals surface area contributed by atoms with Gasteiger partial charge < -0.3 is 4.74 Å². The highest BCUT2D eigenvalue weighted by Crippen LogP contribution is 2.23. The van der Waals surface area contributed by atoms with Gasteiger partial charge in [0.05, 0.1) is 12.7 Å². The fraction of sp³-hybridized carbons (Fsp3) is 0.167. The minimum Gasteiger partial charge on any atom is -0.495 e. The molecule has 0 amide bonds. The molecule has 0 atom stereocenters. The molecule has 0 aromatic heterocycles. The van der Waals surface area contributed by atoms with Crippen molar-refractivity contribution in [2.45, 2.75) is 6.92 Å². The number of benzene rings is 1. The Labute approximate surface area is 78.7 Å². The fourth-order valence-corrected chi connectivity index (χ4v) is 1.19. The molecule has 13 heavy (non-hydrogen) atoms. The lowest BCUT2D eigenvalue weighted by Gasteiger charge is -2.07. The van der Waals surface area contributed by atoms with E-state index in [-0.39, 0.29) is 0 Å². The van der Waals surface area contributed by atoms with E-state index in [1.165, 1.54) is 0 Å². The van der Waals surface area contributed by atoms with Crippen molar-refractivity contribution in [3.05, 3.63) is 28.8 Å². The van der Waals surface area contributed by atoms with Crippen LogP contribution in [0.5, 0.6) is 5.75 Å². The Hall–Kier alpha value is -1.86. The van der Waals surface area contributed by atoms with Crippen molar-refractivity contribution in [1.82, 2.24) is 0 Å². The molecule has 0 aliphatic rings. The van der Waals surface area contributed by atoms with Crippen molar-refractivity contribution in [2.24, 2.45) is 0 Å². The van der Waals surface area contributed by atoms with Crippen LogP contribution < -0.4 is 4.74 Å². The van der Waals surface area contributed by atoms with Gasteiger partial charge in [0.15, 0.2) is 0 Å². The Morgan fingerprint density at radius 1 is 1.23 bits per heavy atom. The zero-order valence-electron chi connectivity index (χ0n) is 7.72. The highest BCUT2D eigenvalue weighted by Gasteiger charge is 2.06. The minimum atomic E-state index is 0.694. The van der Waals surface area contributed by atoms with Crippen molar-refractivity contribution in [3.63, 3.8) is 0 Å². The molecule has 0 heterocycles. The summed E-state index contributed by atoms with van der Waals surface area (Å²) in [6, 6.07) is 3.62. The van der Waals surface area contributed by atoms with Gasteiger partial charge in [0.25, 0.3) is 0 Å². The van der Waals surface area contributed by atoms with E-state index in [9.17, 15) is 0 Å². The predicted molar refractivity (Wildman–Crippen MR) is 53.6 cm³/mol. The summed E-state index contributed by atoms with van der Waals surface area (Å²) in [5, 5.41) is 0. The van der Waals surface area contributed by atoms with Gasteiger partial charge >= 0.3 is 0 Å². The summed E-state index contributed by atoms with van der Waals surface area (Å²) in [5.41, 5.74) is 2.47. The van der Waals surface area contributed by atoms with Crippen LogP contribution in [0.3, 0.4) is 0 Å². The maximum atomic E-state index is 5.35. The topological polar surface area (TPSA) is 9.23 Å². The summed E-state index contributed by atoms with van der Waals surface area (Å²) in [4.78, 5) is 0. The summed E-state index contributed by atoms with van der Waals surface area (Å²) in [5.74, 6) is 5.83. The Bertz CT molecular complexity index is 402. The Morgan fingerprint density at radius 3 is 2.38 bits per heavy atom. The van der Waals surface area contributed by atoms with Crippen molar-refractivity contribution in [1.29, 1.82) is 0 Å². The molecule has 0 aliphatic heterocycles. The fourth-order valence-electron chi connectivity index (χ4n) is 1.19. The molecule has 1 aromatic carbocycles. The number of hydrogen-bond acceptors (Lipinski definition) is 1. The lowest BCUT2D eigenvalue weighted by atomic mass is 10.0. The van der Waals surface area contributed by atoms with Crippen LogP contribution >= 0.6 is 0 Å². The number of ether oxygens (including phenoxy) is 1. The van der Waals surface area contributed by atoms with Gasteiger partial charge in [-0.15, -0.1) is 12.8 Å². The van der Waals surface area contributed by atoms with Crippen LogP contribution in [0.1, 0.15) is 16.7 Å². The van der Waals surface area contributed by atoms with Gasteiger partial charge in [-0.05, 0) is 24.6 Å². The largest absolute Gasteiger partial charge is 0.495 e. The van der Waals surface area contributed by atoms with Crippen LogP contribution in [0.4, 0.5) is 0 Å². The van der Waals surface area contributed by atoms with Gasteiger partial charge in [-0.3, -0.25) is 0 Å². The van der Waals surface area contributed by atoms with Gasteiger partial charge in [-0.25, -0.2) is 0 Å². The van der Waals surface area contributed by atoms with Crippen molar-refractivity contribution in [3.8, 4) is 30.4 Å². The Kier molecular flexibility index (Phi) is 2.62. The third-order valence-electron chi connectivity index (χ3n) is 1.95. The van der Waals surface area contributed by atoms with Crippen molar-refractivity contribution < 1.29 is 4.74 Å². The van der Waals surface area contributed by atoms with E-state index >= 15 is 0 Å². The molecule has 0 N–H and O–H groups in total. The first kappa shape index (κ1) is 9.23. The van der Waals surface area contributed by atoms with Crippen molar-refractivity contribution in [2.75, 3.05) is 7.11 Å². The maximum absolute atomic E-state index is 5.35. The quantitative estimate of drug-likeness (QED) is 0.585. The Morgan fingerprint density at radius 2 is 1.92 bits per heavy atom. The SMILES string of the molecule is C#Cc1ccc(OC)c(C#C)c1C. The van der Waals surface area contributed by atoms with Crippen LogP contribution in [0.15, 0.2) is 12.1 Å². The third-order valence-corrected chi connectivity index (χ3v) is 1.95. The van der Waals surface area contributed by atoms with Crippen LogP contribution in [-0.4, -0.2) is 7.11 Å². The van der Waals surface area contributed by atoms with Crippen molar-refractivity contribution >= 4 is 0 Å². The lowest BCUT2D eigenvalue weighted by Crippen LogP contribution is -1.93. The van der Waals surface area contributed by atoms with E-state index in [2.05, 4.69) is 11.8 Å². The molecule has 0 bridgehead atoms. The first-order valence-electron chi connectivity index (χ1n) is 3.85. The van der Waals surface area contributed by atoms with Crippen LogP contribution in [-0.2, 0) is 0 Å². The maximum Gasteiger partial charge on any atom is 0.134 e. The first-order chi connectivity index (χ1) is 6.24. The average Bonchev–Trinajstić information content (AvgIpc) is 2.17. The number of rotatable bonds is 1. The molecule has 1 rings (SSSR count). The molecule has 64 valence electrons. The zero-order valence-corrected chi connectivity index (χ0v) is 7.72. The van der Waals surface area contributed by atoms with Crippen LogP contribution in [0, 0.1) is 31.6 Å².